The number of hydrogen-bond acceptors (Lipinski definition) is 2. The number of alkyl halides is 1. The van der Waals surface area contributed by atoms with Gasteiger partial charge in [0.2, 0.25) is 0 Å². The molecular weight excluding hydrogens is 250 g/mol. The third-order valence-electron chi connectivity index (χ3n) is 3.14. The monoisotopic (exact) mass is 262 g/mol. The highest BCUT2D eigenvalue weighted by Crippen LogP contribution is 2.39. The lowest BCUT2D eigenvalue weighted by atomic mass is 9.76. The predicted octanol–water partition coefficient (Wildman–Crippen LogP) is 2.87. The normalized spacial score (nSPS) is 17.6. The SMILES string of the molecule is COc1cc(F)c(C2(CCCl)COC2)cc1F. The van der Waals surface area contributed by atoms with Gasteiger partial charge in [0.05, 0.1) is 20.3 Å². The van der Waals surface area contributed by atoms with Gasteiger partial charge in [0.1, 0.15) is 5.82 Å². The Balaban J connectivity index is 2.41. The molecule has 2 nitrogen and oxygen atoms in total. The van der Waals surface area contributed by atoms with Gasteiger partial charge in [0.15, 0.2) is 11.6 Å². The zero-order chi connectivity index (χ0) is 12.5. The molecule has 0 radical (unpaired) electrons. The van der Waals surface area contributed by atoms with Crippen LogP contribution in [0, 0.1) is 11.6 Å². The minimum Gasteiger partial charge on any atom is -0.494 e. The standard InChI is InChI=1S/C12H13ClF2O2/c1-16-11-5-9(14)8(4-10(11)15)12(2-3-13)6-17-7-12/h4-5H,2-3,6-7H2,1H3. The molecule has 0 unspecified atom stereocenters. The third kappa shape index (κ3) is 2.11. The van der Waals surface area contributed by atoms with Crippen LogP contribution in [-0.2, 0) is 10.2 Å². The molecule has 1 aliphatic rings. The van der Waals surface area contributed by atoms with Gasteiger partial charge in [-0.25, -0.2) is 8.78 Å². The van der Waals surface area contributed by atoms with Crippen LogP contribution in [0.15, 0.2) is 12.1 Å². The lowest BCUT2D eigenvalue weighted by Crippen LogP contribution is -2.47. The van der Waals surface area contributed by atoms with E-state index in [4.69, 9.17) is 21.1 Å². The first-order valence-electron chi connectivity index (χ1n) is 5.30. The van der Waals surface area contributed by atoms with Crippen LogP contribution in [0.25, 0.3) is 0 Å². The maximum Gasteiger partial charge on any atom is 0.165 e. The van der Waals surface area contributed by atoms with Gasteiger partial charge in [-0.05, 0) is 12.5 Å². The molecule has 1 aromatic carbocycles. The van der Waals surface area contributed by atoms with E-state index in [0.717, 1.165) is 6.07 Å². The van der Waals surface area contributed by atoms with Crippen molar-refractivity contribution < 1.29 is 18.3 Å². The molecule has 1 aromatic rings. The van der Waals surface area contributed by atoms with Crippen LogP contribution in [0.4, 0.5) is 8.78 Å². The Morgan fingerprint density at radius 2 is 2.06 bits per heavy atom. The molecule has 1 aliphatic heterocycles. The molecule has 0 aromatic heterocycles. The Morgan fingerprint density at radius 3 is 2.53 bits per heavy atom. The van der Waals surface area contributed by atoms with E-state index in [1.165, 1.54) is 13.2 Å². The van der Waals surface area contributed by atoms with Crippen LogP contribution < -0.4 is 4.74 Å². The molecule has 0 amide bonds. The van der Waals surface area contributed by atoms with Crippen molar-refractivity contribution in [2.24, 2.45) is 0 Å². The van der Waals surface area contributed by atoms with E-state index in [1.54, 1.807) is 0 Å². The van der Waals surface area contributed by atoms with Crippen LogP contribution in [-0.4, -0.2) is 26.2 Å². The summed E-state index contributed by atoms with van der Waals surface area (Å²) in [6.07, 6.45) is 0.567. The van der Waals surface area contributed by atoms with Gasteiger partial charge >= 0.3 is 0 Å². The van der Waals surface area contributed by atoms with E-state index in [2.05, 4.69) is 0 Å². The predicted molar refractivity (Wildman–Crippen MR) is 60.7 cm³/mol. The highest BCUT2D eigenvalue weighted by Gasteiger charge is 2.42. The average molecular weight is 263 g/mol. The average Bonchev–Trinajstić information content (AvgIpc) is 2.26. The first kappa shape index (κ1) is 12.6. The van der Waals surface area contributed by atoms with Crippen molar-refractivity contribution in [1.82, 2.24) is 0 Å². The second kappa shape index (κ2) is 4.78. The van der Waals surface area contributed by atoms with Gasteiger partial charge in [-0.1, -0.05) is 0 Å². The summed E-state index contributed by atoms with van der Waals surface area (Å²) in [5.74, 6) is -0.745. The van der Waals surface area contributed by atoms with Crippen molar-refractivity contribution in [2.75, 3.05) is 26.2 Å². The number of ether oxygens (including phenoxy) is 2. The van der Waals surface area contributed by atoms with Gasteiger partial charge in [0.25, 0.3) is 0 Å². The first-order valence-corrected chi connectivity index (χ1v) is 5.83. The van der Waals surface area contributed by atoms with E-state index in [-0.39, 0.29) is 5.75 Å². The van der Waals surface area contributed by atoms with Crippen molar-refractivity contribution in [3.63, 3.8) is 0 Å². The van der Waals surface area contributed by atoms with Gasteiger partial charge in [0, 0.05) is 22.9 Å². The molecule has 1 fully saturated rings. The fourth-order valence-electron chi connectivity index (χ4n) is 2.06. The smallest absolute Gasteiger partial charge is 0.165 e. The second-order valence-corrected chi connectivity index (χ2v) is 4.56. The Kier molecular flexibility index (Phi) is 3.54. The zero-order valence-corrected chi connectivity index (χ0v) is 10.2. The molecule has 0 spiro atoms. The van der Waals surface area contributed by atoms with Crippen LogP contribution in [0.5, 0.6) is 5.75 Å². The van der Waals surface area contributed by atoms with Crippen LogP contribution in [0.2, 0.25) is 0 Å². The minimum absolute atomic E-state index is 0.0903. The Morgan fingerprint density at radius 1 is 1.35 bits per heavy atom. The van der Waals surface area contributed by atoms with Crippen molar-refractivity contribution in [3.05, 3.63) is 29.3 Å². The lowest BCUT2D eigenvalue weighted by molar-refractivity contribution is -0.0633. The number of methoxy groups -OCH3 is 1. The van der Waals surface area contributed by atoms with Crippen LogP contribution >= 0.6 is 11.6 Å². The highest BCUT2D eigenvalue weighted by molar-refractivity contribution is 6.17. The van der Waals surface area contributed by atoms with Crippen molar-refractivity contribution >= 4 is 11.6 Å². The fourth-order valence-corrected chi connectivity index (χ4v) is 2.42. The number of rotatable bonds is 4. The summed E-state index contributed by atoms with van der Waals surface area (Å²) in [4.78, 5) is 0. The summed E-state index contributed by atoms with van der Waals surface area (Å²) in [6, 6.07) is 2.25. The molecule has 94 valence electrons. The summed E-state index contributed by atoms with van der Waals surface area (Å²) < 4.78 is 37.4. The molecule has 0 N–H and O–H groups in total. The topological polar surface area (TPSA) is 18.5 Å². The summed E-state index contributed by atoms with van der Waals surface area (Å²) in [5.41, 5.74) is -0.165. The van der Waals surface area contributed by atoms with E-state index in [9.17, 15) is 8.78 Å². The summed E-state index contributed by atoms with van der Waals surface area (Å²) in [5, 5.41) is 0. The summed E-state index contributed by atoms with van der Waals surface area (Å²) in [6.45, 7) is 0.755. The van der Waals surface area contributed by atoms with E-state index < -0.39 is 17.0 Å². The summed E-state index contributed by atoms with van der Waals surface area (Å²) in [7, 11) is 1.30. The molecule has 2 rings (SSSR count). The molecule has 0 aliphatic carbocycles. The molecule has 1 saturated heterocycles. The fraction of sp³-hybridized carbons (Fsp3) is 0.500. The lowest BCUT2D eigenvalue weighted by Gasteiger charge is -2.41. The maximum atomic E-state index is 13.9. The van der Waals surface area contributed by atoms with E-state index in [1.807, 2.05) is 0 Å². The Labute approximate surface area is 103 Å². The van der Waals surface area contributed by atoms with Crippen molar-refractivity contribution in [1.29, 1.82) is 0 Å². The van der Waals surface area contributed by atoms with Gasteiger partial charge in [-0.2, -0.15) is 0 Å². The largest absolute Gasteiger partial charge is 0.494 e. The Bertz CT molecular complexity index is 419. The number of benzene rings is 1. The van der Waals surface area contributed by atoms with Crippen LogP contribution in [0.1, 0.15) is 12.0 Å². The van der Waals surface area contributed by atoms with E-state index in [0.29, 0.717) is 31.1 Å². The Hall–Kier alpha value is -0.870. The molecule has 17 heavy (non-hydrogen) atoms. The zero-order valence-electron chi connectivity index (χ0n) is 9.43. The van der Waals surface area contributed by atoms with Gasteiger partial charge < -0.3 is 9.47 Å². The minimum atomic E-state index is -0.565. The maximum absolute atomic E-state index is 13.9. The van der Waals surface area contributed by atoms with Gasteiger partial charge in [-0.3, -0.25) is 0 Å². The quantitative estimate of drug-likeness (QED) is 0.777. The molecule has 0 atom stereocenters. The molecular formula is C12H13ClF2O2. The van der Waals surface area contributed by atoms with E-state index >= 15 is 0 Å². The summed E-state index contributed by atoms with van der Waals surface area (Å²) >= 11 is 5.70. The first-order chi connectivity index (χ1) is 8.13. The van der Waals surface area contributed by atoms with Crippen molar-refractivity contribution in [3.8, 4) is 5.75 Å². The van der Waals surface area contributed by atoms with Crippen molar-refractivity contribution in [2.45, 2.75) is 11.8 Å². The van der Waals surface area contributed by atoms with Crippen LogP contribution in [0.3, 0.4) is 0 Å². The highest BCUT2D eigenvalue weighted by atomic mass is 35.5. The molecule has 1 heterocycles. The number of hydrogen-bond donors (Lipinski definition) is 0. The second-order valence-electron chi connectivity index (χ2n) is 4.18. The number of halogens is 3. The third-order valence-corrected chi connectivity index (χ3v) is 3.33. The molecule has 0 bridgehead atoms. The molecule has 0 saturated carbocycles. The molecule has 5 heteroatoms. The van der Waals surface area contributed by atoms with Gasteiger partial charge in [-0.15, -0.1) is 11.6 Å².